The number of nitrogens with one attached hydrogen (secondary N) is 2. The van der Waals surface area contributed by atoms with Crippen LogP contribution in [0.3, 0.4) is 0 Å². The Labute approximate surface area is 160 Å². The SMILES string of the molecule is NC(=NCCCCCCCC(=O)NOc1ccccc1)Nc1ccncc1. The Kier molecular flexibility index (Phi) is 9.21. The maximum absolute atomic E-state index is 11.7. The van der Waals surface area contributed by atoms with Crippen molar-refractivity contribution in [2.45, 2.75) is 38.5 Å². The number of nitrogens with zero attached hydrogens (tertiary/aromatic N) is 2. The molecule has 0 aliphatic rings. The predicted molar refractivity (Wildman–Crippen MR) is 107 cm³/mol. The van der Waals surface area contributed by atoms with E-state index in [-0.39, 0.29) is 5.91 Å². The molecule has 0 saturated heterocycles. The quantitative estimate of drug-likeness (QED) is 0.244. The van der Waals surface area contributed by atoms with Gasteiger partial charge in [-0.05, 0) is 37.1 Å². The molecule has 1 aromatic carbocycles. The minimum Gasteiger partial charge on any atom is -0.380 e. The second-order valence-electron chi connectivity index (χ2n) is 6.09. The second kappa shape index (κ2) is 12.3. The summed E-state index contributed by atoms with van der Waals surface area (Å²) in [7, 11) is 0. The van der Waals surface area contributed by atoms with Crippen LogP contribution in [0.4, 0.5) is 5.69 Å². The van der Waals surface area contributed by atoms with Gasteiger partial charge in [0.2, 0.25) is 0 Å². The summed E-state index contributed by atoms with van der Waals surface area (Å²) in [5.74, 6) is 0.943. The summed E-state index contributed by atoms with van der Waals surface area (Å²) < 4.78 is 0. The van der Waals surface area contributed by atoms with Crippen LogP contribution >= 0.6 is 0 Å². The van der Waals surface area contributed by atoms with E-state index in [1.807, 2.05) is 30.3 Å². The van der Waals surface area contributed by atoms with Gasteiger partial charge in [-0.2, -0.15) is 5.48 Å². The molecule has 2 aromatic rings. The number of aromatic nitrogens is 1. The van der Waals surface area contributed by atoms with E-state index in [4.69, 9.17) is 10.6 Å². The van der Waals surface area contributed by atoms with E-state index in [1.165, 1.54) is 0 Å². The molecule has 7 heteroatoms. The molecular weight excluding hydrogens is 342 g/mol. The van der Waals surface area contributed by atoms with E-state index in [0.717, 1.165) is 37.8 Å². The number of carbonyl (C=O) groups is 1. The summed E-state index contributed by atoms with van der Waals surface area (Å²) in [5, 5.41) is 3.02. The number of hydroxylamine groups is 1. The van der Waals surface area contributed by atoms with Gasteiger partial charge in [0.25, 0.3) is 5.91 Å². The lowest BCUT2D eigenvalue weighted by Gasteiger charge is -2.06. The minimum absolute atomic E-state index is 0.0987. The van der Waals surface area contributed by atoms with Crippen LogP contribution in [0.15, 0.2) is 59.9 Å². The first-order valence-electron chi connectivity index (χ1n) is 9.22. The number of guanidine groups is 1. The number of benzene rings is 1. The summed E-state index contributed by atoms with van der Waals surface area (Å²) in [6.07, 6.45) is 8.82. The lowest BCUT2D eigenvalue weighted by Crippen LogP contribution is -2.26. The molecule has 0 radical (unpaired) electrons. The lowest BCUT2D eigenvalue weighted by atomic mass is 10.1. The Morgan fingerprint density at radius 1 is 1.00 bits per heavy atom. The molecule has 7 nitrogen and oxygen atoms in total. The number of pyridine rings is 1. The van der Waals surface area contributed by atoms with Crippen LogP contribution in [-0.2, 0) is 4.79 Å². The van der Waals surface area contributed by atoms with Crippen LogP contribution in [0, 0.1) is 0 Å². The van der Waals surface area contributed by atoms with Crippen LogP contribution in [0.1, 0.15) is 38.5 Å². The molecule has 1 amide bonds. The highest BCUT2D eigenvalue weighted by Gasteiger charge is 2.02. The summed E-state index contributed by atoms with van der Waals surface area (Å²) in [6.45, 7) is 0.690. The molecule has 0 aliphatic carbocycles. The highest BCUT2D eigenvalue weighted by molar-refractivity contribution is 5.92. The highest BCUT2D eigenvalue weighted by Crippen LogP contribution is 2.08. The first-order valence-corrected chi connectivity index (χ1v) is 9.22. The number of amides is 1. The first-order chi connectivity index (χ1) is 13.2. The van der Waals surface area contributed by atoms with Crippen molar-refractivity contribution in [1.82, 2.24) is 10.5 Å². The summed E-state index contributed by atoms with van der Waals surface area (Å²) in [4.78, 5) is 25.2. The number of hydrogen-bond acceptors (Lipinski definition) is 4. The van der Waals surface area contributed by atoms with Crippen LogP contribution < -0.4 is 21.4 Å². The number of nitrogens with two attached hydrogens (primary N) is 1. The van der Waals surface area contributed by atoms with Crippen molar-refractivity contribution in [2.75, 3.05) is 11.9 Å². The number of rotatable bonds is 11. The van der Waals surface area contributed by atoms with E-state index in [9.17, 15) is 4.79 Å². The molecular formula is C20H27N5O2. The van der Waals surface area contributed by atoms with Crippen molar-refractivity contribution in [1.29, 1.82) is 0 Å². The number of carbonyl (C=O) groups excluding carboxylic acids is 1. The molecule has 0 atom stereocenters. The summed E-state index contributed by atoms with van der Waals surface area (Å²) in [5.41, 5.74) is 9.17. The number of hydrogen-bond donors (Lipinski definition) is 3. The van der Waals surface area contributed by atoms with Gasteiger partial charge in [-0.15, -0.1) is 0 Å². The normalized spacial score (nSPS) is 11.0. The van der Waals surface area contributed by atoms with Crippen LogP contribution in [0.2, 0.25) is 0 Å². The molecule has 1 aromatic heterocycles. The fourth-order valence-electron chi connectivity index (χ4n) is 2.41. The molecule has 0 aliphatic heterocycles. The van der Waals surface area contributed by atoms with Crippen LogP contribution in [0.25, 0.3) is 0 Å². The highest BCUT2D eigenvalue weighted by atomic mass is 16.7. The zero-order valence-electron chi connectivity index (χ0n) is 15.4. The first kappa shape index (κ1) is 20.2. The van der Waals surface area contributed by atoms with E-state index in [1.54, 1.807) is 24.5 Å². The van der Waals surface area contributed by atoms with E-state index >= 15 is 0 Å². The number of unbranched alkanes of at least 4 members (excludes halogenated alkanes) is 4. The van der Waals surface area contributed by atoms with Gasteiger partial charge >= 0.3 is 0 Å². The molecule has 0 bridgehead atoms. The van der Waals surface area contributed by atoms with E-state index in [2.05, 4.69) is 20.8 Å². The van der Waals surface area contributed by atoms with Gasteiger partial charge in [0, 0.05) is 31.0 Å². The van der Waals surface area contributed by atoms with Gasteiger partial charge in [0.05, 0.1) is 0 Å². The van der Waals surface area contributed by atoms with Crippen molar-refractivity contribution < 1.29 is 9.63 Å². The maximum Gasteiger partial charge on any atom is 0.252 e. The average molecular weight is 369 g/mol. The van der Waals surface area contributed by atoms with Gasteiger partial charge in [-0.1, -0.05) is 37.5 Å². The fourth-order valence-corrected chi connectivity index (χ4v) is 2.41. The van der Waals surface area contributed by atoms with E-state index < -0.39 is 0 Å². The zero-order chi connectivity index (χ0) is 19.2. The van der Waals surface area contributed by atoms with Crippen molar-refractivity contribution in [3.63, 3.8) is 0 Å². The Hall–Kier alpha value is -3.09. The van der Waals surface area contributed by atoms with Crippen molar-refractivity contribution in [3.05, 3.63) is 54.9 Å². The predicted octanol–water partition coefficient (Wildman–Crippen LogP) is 3.26. The molecule has 144 valence electrons. The summed E-state index contributed by atoms with van der Waals surface area (Å²) in [6, 6.07) is 12.9. The Bertz CT molecular complexity index is 692. The van der Waals surface area contributed by atoms with Gasteiger partial charge in [-0.3, -0.25) is 14.8 Å². The average Bonchev–Trinajstić information content (AvgIpc) is 2.70. The van der Waals surface area contributed by atoms with Crippen LogP contribution in [0.5, 0.6) is 5.75 Å². The smallest absolute Gasteiger partial charge is 0.252 e. The molecule has 4 N–H and O–H groups in total. The minimum atomic E-state index is -0.0987. The largest absolute Gasteiger partial charge is 0.380 e. The number of para-hydroxylation sites is 1. The van der Waals surface area contributed by atoms with Gasteiger partial charge < -0.3 is 15.9 Å². The Morgan fingerprint density at radius 2 is 1.70 bits per heavy atom. The number of aliphatic imine (C=N–C) groups is 1. The molecule has 1 heterocycles. The van der Waals surface area contributed by atoms with Gasteiger partial charge in [0.15, 0.2) is 11.7 Å². The van der Waals surface area contributed by atoms with Crippen molar-refractivity contribution in [3.8, 4) is 5.75 Å². The van der Waals surface area contributed by atoms with E-state index in [0.29, 0.717) is 24.7 Å². The monoisotopic (exact) mass is 369 g/mol. The number of anilines is 1. The lowest BCUT2D eigenvalue weighted by molar-refractivity contribution is -0.127. The van der Waals surface area contributed by atoms with Gasteiger partial charge in [-0.25, -0.2) is 0 Å². The fraction of sp³-hybridized carbons (Fsp3) is 0.350. The summed E-state index contributed by atoms with van der Waals surface area (Å²) >= 11 is 0. The molecule has 0 fully saturated rings. The molecule has 2 rings (SSSR count). The third-order valence-corrected chi connectivity index (χ3v) is 3.82. The van der Waals surface area contributed by atoms with Crippen LogP contribution in [-0.4, -0.2) is 23.4 Å². The van der Waals surface area contributed by atoms with Gasteiger partial charge in [0.1, 0.15) is 0 Å². The standard InChI is InChI=1S/C20H27N5O2/c21-20(24-17-12-15-22-16-13-17)23-14-8-3-1-2-7-11-19(26)25-27-18-9-5-4-6-10-18/h4-6,9-10,12-13,15-16H,1-3,7-8,11,14H2,(H,25,26)(H3,21,22,23,24). The Morgan fingerprint density at radius 3 is 2.48 bits per heavy atom. The molecule has 0 spiro atoms. The molecule has 0 saturated carbocycles. The third-order valence-electron chi connectivity index (χ3n) is 3.82. The molecule has 0 unspecified atom stereocenters. The molecule has 27 heavy (non-hydrogen) atoms. The Balaban J connectivity index is 1.45. The maximum atomic E-state index is 11.7. The topological polar surface area (TPSA) is 102 Å². The third kappa shape index (κ3) is 9.25. The van der Waals surface area contributed by atoms with Crippen molar-refractivity contribution >= 4 is 17.6 Å². The second-order valence-corrected chi connectivity index (χ2v) is 6.09. The van der Waals surface area contributed by atoms with Crippen molar-refractivity contribution in [2.24, 2.45) is 10.7 Å². The zero-order valence-corrected chi connectivity index (χ0v) is 15.4.